The van der Waals surface area contributed by atoms with Gasteiger partial charge in [0.15, 0.2) is 5.96 Å². The summed E-state index contributed by atoms with van der Waals surface area (Å²) >= 11 is 0. The minimum atomic E-state index is 0.859. The van der Waals surface area contributed by atoms with E-state index in [1.807, 2.05) is 26.4 Å². The van der Waals surface area contributed by atoms with Gasteiger partial charge in [-0.2, -0.15) is 0 Å². The van der Waals surface area contributed by atoms with Gasteiger partial charge in [-0.1, -0.05) is 31.2 Å². The molecule has 25 heavy (non-hydrogen) atoms. The Hall–Kier alpha value is -2.30. The number of benzene rings is 1. The lowest BCUT2D eigenvalue weighted by molar-refractivity contribution is 0.473. The number of guanidine groups is 1. The summed E-state index contributed by atoms with van der Waals surface area (Å²) < 4.78 is 2.20. The SMILES string of the molecule is CCc1ccc(CN(C)C(=NC)NCCCCn2ccnc2C)cc1. The summed E-state index contributed by atoms with van der Waals surface area (Å²) in [5, 5.41) is 3.46. The van der Waals surface area contributed by atoms with E-state index in [4.69, 9.17) is 0 Å². The summed E-state index contributed by atoms with van der Waals surface area (Å²) in [5.41, 5.74) is 2.68. The number of imidazole rings is 1. The number of nitrogens with one attached hydrogen (secondary N) is 1. The zero-order chi connectivity index (χ0) is 18.1. The number of rotatable bonds is 8. The minimum Gasteiger partial charge on any atom is -0.356 e. The van der Waals surface area contributed by atoms with Gasteiger partial charge in [0.05, 0.1) is 0 Å². The van der Waals surface area contributed by atoms with Gasteiger partial charge in [-0.05, 0) is 37.3 Å². The fourth-order valence-electron chi connectivity index (χ4n) is 2.86. The maximum atomic E-state index is 4.40. The Balaban J connectivity index is 1.72. The molecule has 0 fully saturated rings. The molecule has 2 aromatic rings. The first-order chi connectivity index (χ1) is 12.1. The Morgan fingerprint density at radius 3 is 2.52 bits per heavy atom. The highest BCUT2D eigenvalue weighted by molar-refractivity contribution is 5.79. The zero-order valence-electron chi connectivity index (χ0n) is 16.0. The quantitative estimate of drug-likeness (QED) is 0.455. The number of nitrogens with zero attached hydrogens (tertiary/aromatic N) is 4. The Morgan fingerprint density at radius 1 is 1.20 bits per heavy atom. The predicted octanol–water partition coefficient (Wildman–Crippen LogP) is 3.24. The van der Waals surface area contributed by atoms with Crippen LogP contribution in [0.25, 0.3) is 0 Å². The highest BCUT2D eigenvalue weighted by Crippen LogP contribution is 2.07. The van der Waals surface area contributed by atoms with Gasteiger partial charge in [0.1, 0.15) is 5.82 Å². The van der Waals surface area contributed by atoms with Crippen molar-refractivity contribution in [1.29, 1.82) is 0 Å². The first kappa shape index (κ1) is 19.0. The van der Waals surface area contributed by atoms with E-state index in [1.165, 1.54) is 11.1 Å². The van der Waals surface area contributed by atoms with Crippen LogP contribution < -0.4 is 5.32 Å². The first-order valence-electron chi connectivity index (χ1n) is 9.11. The van der Waals surface area contributed by atoms with Crippen molar-refractivity contribution in [3.63, 3.8) is 0 Å². The molecule has 0 radical (unpaired) electrons. The molecule has 136 valence electrons. The summed E-state index contributed by atoms with van der Waals surface area (Å²) in [6, 6.07) is 8.82. The Morgan fingerprint density at radius 2 is 1.92 bits per heavy atom. The fraction of sp³-hybridized carbons (Fsp3) is 0.500. The number of hydrogen-bond acceptors (Lipinski definition) is 2. The standard InChI is InChI=1S/C20H31N5/c1-5-18-8-10-19(11-9-18)16-24(4)20(21-3)23-12-6-7-14-25-15-13-22-17(25)2/h8-11,13,15H,5-7,12,14,16H2,1-4H3,(H,21,23). The molecule has 0 aliphatic carbocycles. The molecule has 5 heteroatoms. The highest BCUT2D eigenvalue weighted by atomic mass is 15.3. The number of hydrogen-bond donors (Lipinski definition) is 1. The average Bonchev–Trinajstić information content (AvgIpc) is 3.03. The molecule has 0 unspecified atom stereocenters. The predicted molar refractivity (Wildman–Crippen MR) is 105 cm³/mol. The third-order valence-electron chi connectivity index (χ3n) is 4.46. The van der Waals surface area contributed by atoms with Gasteiger partial charge < -0.3 is 14.8 Å². The molecule has 1 aromatic heterocycles. The molecular formula is C20H31N5. The minimum absolute atomic E-state index is 0.859. The summed E-state index contributed by atoms with van der Waals surface area (Å²) in [4.78, 5) is 10.8. The van der Waals surface area contributed by atoms with Gasteiger partial charge >= 0.3 is 0 Å². The van der Waals surface area contributed by atoms with Crippen molar-refractivity contribution < 1.29 is 0 Å². The van der Waals surface area contributed by atoms with Crippen LogP contribution in [0, 0.1) is 6.92 Å². The van der Waals surface area contributed by atoms with Crippen LogP contribution in [-0.4, -0.2) is 41.1 Å². The molecule has 1 aromatic carbocycles. The third-order valence-corrected chi connectivity index (χ3v) is 4.46. The maximum Gasteiger partial charge on any atom is 0.193 e. The Labute approximate surface area is 151 Å². The summed E-state index contributed by atoms with van der Waals surface area (Å²) in [6.07, 6.45) is 7.22. The maximum absolute atomic E-state index is 4.40. The summed E-state index contributed by atoms with van der Waals surface area (Å²) in [6.45, 7) is 7.03. The molecule has 0 amide bonds. The lowest BCUT2D eigenvalue weighted by Gasteiger charge is -2.22. The molecule has 5 nitrogen and oxygen atoms in total. The van der Waals surface area contributed by atoms with Crippen LogP contribution in [-0.2, 0) is 19.5 Å². The van der Waals surface area contributed by atoms with Crippen LogP contribution in [0.1, 0.15) is 36.7 Å². The van der Waals surface area contributed by atoms with Crippen LogP contribution in [0.5, 0.6) is 0 Å². The van der Waals surface area contributed by atoms with E-state index in [1.54, 1.807) is 0 Å². The smallest absolute Gasteiger partial charge is 0.193 e. The molecule has 0 saturated carbocycles. The molecule has 0 bridgehead atoms. The van der Waals surface area contributed by atoms with Gasteiger partial charge in [0.2, 0.25) is 0 Å². The summed E-state index contributed by atoms with van der Waals surface area (Å²) in [5.74, 6) is 2.02. The lowest BCUT2D eigenvalue weighted by atomic mass is 10.1. The number of aryl methyl sites for hydroxylation is 3. The van der Waals surface area contributed by atoms with E-state index in [0.717, 1.165) is 50.7 Å². The van der Waals surface area contributed by atoms with Crippen molar-refractivity contribution in [2.45, 2.75) is 46.2 Å². The van der Waals surface area contributed by atoms with Crippen LogP contribution in [0.3, 0.4) is 0 Å². The van der Waals surface area contributed by atoms with Crippen molar-refractivity contribution >= 4 is 5.96 Å². The topological polar surface area (TPSA) is 45.5 Å². The van der Waals surface area contributed by atoms with Crippen LogP contribution in [0.15, 0.2) is 41.7 Å². The average molecular weight is 342 g/mol. The van der Waals surface area contributed by atoms with E-state index < -0.39 is 0 Å². The molecule has 0 spiro atoms. The van der Waals surface area contributed by atoms with Gasteiger partial charge in [-0.15, -0.1) is 0 Å². The van der Waals surface area contributed by atoms with Crippen molar-refractivity contribution in [2.75, 3.05) is 20.6 Å². The number of aromatic nitrogens is 2. The van der Waals surface area contributed by atoms with Crippen LogP contribution >= 0.6 is 0 Å². The molecule has 2 rings (SSSR count). The third kappa shape index (κ3) is 5.93. The zero-order valence-corrected chi connectivity index (χ0v) is 16.0. The molecule has 1 N–H and O–H groups in total. The van der Waals surface area contributed by atoms with E-state index in [2.05, 4.69) is 63.0 Å². The molecule has 0 aliphatic rings. The van der Waals surface area contributed by atoms with Gasteiger partial charge in [-0.25, -0.2) is 4.98 Å². The molecule has 1 heterocycles. The second kappa shape index (κ2) is 9.87. The Bertz CT molecular complexity index is 657. The number of aliphatic imine (C=N–C) groups is 1. The Kier molecular flexibility index (Phi) is 7.51. The molecule has 0 aliphatic heterocycles. The second-order valence-corrected chi connectivity index (χ2v) is 6.38. The van der Waals surface area contributed by atoms with Crippen molar-refractivity contribution in [3.05, 3.63) is 53.6 Å². The van der Waals surface area contributed by atoms with E-state index in [0.29, 0.717) is 0 Å². The first-order valence-corrected chi connectivity index (χ1v) is 9.11. The molecule has 0 atom stereocenters. The molecule has 0 saturated heterocycles. The van der Waals surface area contributed by atoms with Crippen molar-refractivity contribution in [3.8, 4) is 0 Å². The van der Waals surface area contributed by atoms with Crippen LogP contribution in [0.4, 0.5) is 0 Å². The van der Waals surface area contributed by atoms with Gasteiger partial charge in [0.25, 0.3) is 0 Å². The van der Waals surface area contributed by atoms with E-state index >= 15 is 0 Å². The normalized spacial score (nSPS) is 11.6. The lowest BCUT2D eigenvalue weighted by Crippen LogP contribution is -2.38. The van der Waals surface area contributed by atoms with E-state index in [-0.39, 0.29) is 0 Å². The summed E-state index contributed by atoms with van der Waals surface area (Å²) in [7, 11) is 3.92. The highest BCUT2D eigenvalue weighted by Gasteiger charge is 2.06. The largest absolute Gasteiger partial charge is 0.356 e. The van der Waals surface area contributed by atoms with Crippen molar-refractivity contribution in [2.24, 2.45) is 4.99 Å². The second-order valence-electron chi connectivity index (χ2n) is 6.38. The van der Waals surface area contributed by atoms with Crippen LogP contribution in [0.2, 0.25) is 0 Å². The van der Waals surface area contributed by atoms with Gasteiger partial charge in [-0.3, -0.25) is 4.99 Å². The fourth-order valence-corrected chi connectivity index (χ4v) is 2.86. The van der Waals surface area contributed by atoms with Crippen molar-refractivity contribution in [1.82, 2.24) is 19.8 Å². The number of unbranched alkanes of at least 4 members (excludes halogenated alkanes) is 1. The van der Waals surface area contributed by atoms with E-state index in [9.17, 15) is 0 Å². The molecular weight excluding hydrogens is 310 g/mol. The monoisotopic (exact) mass is 341 g/mol. The van der Waals surface area contributed by atoms with Gasteiger partial charge in [0, 0.05) is 46.1 Å².